The molecule has 0 aromatic heterocycles. The normalized spacial score (nSPS) is 13.2. The minimum atomic E-state index is -0.143. The van der Waals surface area contributed by atoms with Crippen molar-refractivity contribution in [2.75, 3.05) is 6.61 Å². The summed E-state index contributed by atoms with van der Waals surface area (Å²) in [5.74, 6) is 0.573. The molecule has 1 aromatic carbocycles. The van der Waals surface area contributed by atoms with Crippen LogP contribution in [0.2, 0.25) is 0 Å². The molecule has 138 valence electrons. The standard InChI is InChI=1S/C20H31Br3O/c1-2-3-4-5-6-10-14-19(20(21,22)23)15-11-16-24-17-18-12-8-7-9-13-18/h7-9,12-13,19H,2-6,10-11,14-17H2,1H3. The van der Waals surface area contributed by atoms with Gasteiger partial charge >= 0.3 is 0 Å². The van der Waals surface area contributed by atoms with E-state index in [1.807, 2.05) is 6.07 Å². The van der Waals surface area contributed by atoms with Gasteiger partial charge in [-0.05, 0) is 30.7 Å². The second-order valence-corrected chi connectivity index (χ2v) is 13.4. The van der Waals surface area contributed by atoms with Crippen LogP contribution in [0.3, 0.4) is 0 Å². The van der Waals surface area contributed by atoms with Crippen molar-refractivity contribution in [1.29, 1.82) is 0 Å². The molecule has 0 N–H and O–H groups in total. The monoisotopic (exact) mass is 524 g/mol. The molecule has 1 unspecified atom stereocenters. The molecule has 0 radical (unpaired) electrons. The maximum Gasteiger partial charge on any atom is 0.137 e. The molecule has 0 bridgehead atoms. The third-order valence-electron chi connectivity index (χ3n) is 4.32. The molecule has 4 heteroatoms. The Balaban J connectivity index is 2.16. The maximum absolute atomic E-state index is 5.81. The first-order chi connectivity index (χ1) is 11.5. The van der Waals surface area contributed by atoms with Crippen LogP contribution >= 0.6 is 47.8 Å². The highest BCUT2D eigenvalue weighted by molar-refractivity contribution is 9.39. The van der Waals surface area contributed by atoms with Gasteiger partial charge in [-0.15, -0.1) is 0 Å². The number of hydrogen-bond acceptors (Lipinski definition) is 1. The van der Waals surface area contributed by atoms with E-state index in [2.05, 4.69) is 79.0 Å². The third kappa shape index (κ3) is 11.3. The van der Waals surface area contributed by atoms with Crippen LogP contribution in [0.1, 0.15) is 70.3 Å². The van der Waals surface area contributed by atoms with E-state index >= 15 is 0 Å². The molecule has 1 nitrogen and oxygen atoms in total. The van der Waals surface area contributed by atoms with E-state index in [9.17, 15) is 0 Å². The van der Waals surface area contributed by atoms with E-state index in [4.69, 9.17) is 4.74 Å². The molecule has 0 spiro atoms. The van der Waals surface area contributed by atoms with Gasteiger partial charge in [0.25, 0.3) is 0 Å². The van der Waals surface area contributed by atoms with Gasteiger partial charge in [0.2, 0.25) is 0 Å². The molecule has 0 aliphatic rings. The molecule has 0 amide bonds. The van der Waals surface area contributed by atoms with Crippen LogP contribution in [0.25, 0.3) is 0 Å². The summed E-state index contributed by atoms with van der Waals surface area (Å²) >= 11 is 11.2. The quantitative estimate of drug-likeness (QED) is 0.186. The van der Waals surface area contributed by atoms with E-state index < -0.39 is 0 Å². The molecule has 0 aliphatic carbocycles. The lowest BCUT2D eigenvalue weighted by molar-refractivity contribution is 0.114. The molecule has 1 atom stereocenters. The van der Waals surface area contributed by atoms with Gasteiger partial charge < -0.3 is 4.74 Å². The summed E-state index contributed by atoms with van der Waals surface area (Å²) in [6.45, 7) is 3.81. The number of benzene rings is 1. The number of unbranched alkanes of at least 4 members (excludes halogenated alkanes) is 5. The average Bonchev–Trinajstić information content (AvgIpc) is 2.55. The fourth-order valence-corrected chi connectivity index (χ4v) is 4.21. The highest BCUT2D eigenvalue weighted by Gasteiger charge is 2.29. The van der Waals surface area contributed by atoms with Crippen molar-refractivity contribution in [2.24, 2.45) is 5.92 Å². The Morgan fingerprint density at radius 1 is 0.875 bits per heavy atom. The Morgan fingerprint density at radius 2 is 1.50 bits per heavy atom. The fourth-order valence-electron chi connectivity index (χ4n) is 2.84. The van der Waals surface area contributed by atoms with Crippen molar-refractivity contribution in [1.82, 2.24) is 0 Å². The summed E-state index contributed by atoms with van der Waals surface area (Å²) in [6.07, 6.45) is 11.6. The highest BCUT2D eigenvalue weighted by Crippen LogP contribution is 2.45. The van der Waals surface area contributed by atoms with Crippen LogP contribution in [0, 0.1) is 5.92 Å². The molecule has 0 saturated heterocycles. The Kier molecular flexibility index (Phi) is 13.0. The topological polar surface area (TPSA) is 9.23 Å². The van der Waals surface area contributed by atoms with Crippen LogP contribution in [0.15, 0.2) is 30.3 Å². The lowest BCUT2D eigenvalue weighted by atomic mass is 9.97. The maximum atomic E-state index is 5.81. The summed E-state index contributed by atoms with van der Waals surface area (Å²) in [6, 6.07) is 10.4. The zero-order valence-electron chi connectivity index (χ0n) is 14.8. The highest BCUT2D eigenvalue weighted by atomic mass is 80.0. The number of alkyl halides is 3. The van der Waals surface area contributed by atoms with Crippen LogP contribution in [-0.4, -0.2) is 8.75 Å². The number of hydrogen-bond donors (Lipinski definition) is 0. The fraction of sp³-hybridized carbons (Fsp3) is 0.700. The lowest BCUT2D eigenvalue weighted by Gasteiger charge is -2.25. The summed E-state index contributed by atoms with van der Waals surface area (Å²) in [4.78, 5) is 0. The summed E-state index contributed by atoms with van der Waals surface area (Å²) < 4.78 is 5.66. The van der Waals surface area contributed by atoms with E-state index in [-0.39, 0.29) is 2.14 Å². The first-order valence-corrected chi connectivity index (χ1v) is 11.6. The largest absolute Gasteiger partial charge is 0.377 e. The predicted octanol–water partition coefficient (Wildman–Crippen LogP) is 8.19. The zero-order valence-corrected chi connectivity index (χ0v) is 19.5. The Bertz CT molecular complexity index is 403. The Morgan fingerprint density at radius 3 is 2.17 bits per heavy atom. The zero-order chi connectivity index (χ0) is 17.7. The third-order valence-corrected chi connectivity index (χ3v) is 6.26. The smallest absolute Gasteiger partial charge is 0.137 e. The predicted molar refractivity (Wildman–Crippen MR) is 116 cm³/mol. The number of rotatable bonds is 13. The number of halogens is 3. The molecule has 0 fully saturated rings. The molecule has 0 aliphatic heterocycles. The molecule has 1 rings (SSSR count). The Hall–Kier alpha value is 0.620. The van der Waals surface area contributed by atoms with Crippen molar-refractivity contribution < 1.29 is 4.74 Å². The van der Waals surface area contributed by atoms with Gasteiger partial charge in [-0.3, -0.25) is 0 Å². The second-order valence-electron chi connectivity index (χ2n) is 6.48. The van der Waals surface area contributed by atoms with Gasteiger partial charge in [0.15, 0.2) is 0 Å². The van der Waals surface area contributed by atoms with E-state index in [1.165, 1.54) is 50.5 Å². The van der Waals surface area contributed by atoms with Crippen LogP contribution in [0.5, 0.6) is 0 Å². The molecular formula is C20H31Br3O. The Labute approximate surface area is 173 Å². The second kappa shape index (κ2) is 13.8. The first-order valence-electron chi connectivity index (χ1n) is 9.22. The van der Waals surface area contributed by atoms with Crippen molar-refractivity contribution in [3.8, 4) is 0 Å². The van der Waals surface area contributed by atoms with Crippen molar-refractivity contribution in [3.63, 3.8) is 0 Å². The van der Waals surface area contributed by atoms with Crippen LogP contribution < -0.4 is 0 Å². The SMILES string of the molecule is CCCCCCCCC(CCCOCc1ccccc1)C(Br)(Br)Br. The minimum absolute atomic E-state index is 0.143. The van der Waals surface area contributed by atoms with E-state index in [1.54, 1.807) is 0 Å². The van der Waals surface area contributed by atoms with Crippen LogP contribution in [-0.2, 0) is 11.3 Å². The van der Waals surface area contributed by atoms with Gasteiger partial charge in [0.05, 0.1) is 6.61 Å². The van der Waals surface area contributed by atoms with E-state index in [0.717, 1.165) is 19.4 Å². The lowest BCUT2D eigenvalue weighted by Crippen LogP contribution is -2.18. The summed E-state index contributed by atoms with van der Waals surface area (Å²) in [7, 11) is 0. The van der Waals surface area contributed by atoms with Gasteiger partial charge in [0, 0.05) is 6.61 Å². The van der Waals surface area contributed by atoms with Crippen molar-refractivity contribution >= 4 is 47.8 Å². The van der Waals surface area contributed by atoms with Gasteiger partial charge in [-0.25, -0.2) is 0 Å². The van der Waals surface area contributed by atoms with Crippen LogP contribution in [0.4, 0.5) is 0 Å². The first kappa shape index (κ1) is 22.7. The molecule has 0 saturated carbocycles. The molecule has 1 aromatic rings. The summed E-state index contributed by atoms with van der Waals surface area (Å²) in [5, 5.41) is 0. The van der Waals surface area contributed by atoms with Crippen molar-refractivity contribution in [3.05, 3.63) is 35.9 Å². The van der Waals surface area contributed by atoms with Gasteiger partial charge in [-0.2, -0.15) is 0 Å². The van der Waals surface area contributed by atoms with Gasteiger partial charge in [0.1, 0.15) is 2.14 Å². The van der Waals surface area contributed by atoms with Gasteiger partial charge in [-0.1, -0.05) is 124 Å². The molecule has 24 heavy (non-hydrogen) atoms. The van der Waals surface area contributed by atoms with E-state index in [0.29, 0.717) is 12.5 Å². The average molecular weight is 527 g/mol. The molecular weight excluding hydrogens is 496 g/mol. The number of ether oxygens (including phenoxy) is 1. The molecule has 0 heterocycles. The minimum Gasteiger partial charge on any atom is -0.377 e. The summed E-state index contributed by atoms with van der Waals surface area (Å²) in [5.41, 5.74) is 1.25. The van der Waals surface area contributed by atoms with Crippen molar-refractivity contribution in [2.45, 2.75) is 73.5 Å².